The summed E-state index contributed by atoms with van der Waals surface area (Å²) < 4.78 is 12.2. The zero-order chi connectivity index (χ0) is 34.2. The van der Waals surface area contributed by atoms with E-state index in [4.69, 9.17) is 4.42 Å². The Morgan fingerprint density at radius 1 is 0.365 bits per heavy atom. The number of hydrogen-bond acceptors (Lipinski definition) is 4. The molecule has 0 aliphatic carbocycles. The van der Waals surface area contributed by atoms with E-state index in [9.17, 15) is 0 Å². The molecule has 0 saturated heterocycles. The molecule has 3 heterocycles. The maximum atomic E-state index is 7.03. The van der Waals surface area contributed by atoms with Crippen molar-refractivity contribution >= 4 is 102 Å². The summed E-state index contributed by atoms with van der Waals surface area (Å²) >= 11 is 3.72. The first-order chi connectivity index (χ1) is 25.8. The normalized spacial score (nSPS) is 11.8. The van der Waals surface area contributed by atoms with E-state index in [0.29, 0.717) is 0 Å². The van der Waals surface area contributed by atoms with Crippen LogP contribution in [0.25, 0.3) is 84.5 Å². The van der Waals surface area contributed by atoms with E-state index in [1.807, 2.05) is 22.7 Å². The highest BCUT2D eigenvalue weighted by Gasteiger charge is 2.24. The molecule has 52 heavy (non-hydrogen) atoms. The summed E-state index contributed by atoms with van der Waals surface area (Å²) in [6.07, 6.45) is 0. The Hall–Kier alpha value is -6.20. The highest BCUT2D eigenvalue weighted by Crippen LogP contribution is 2.49. The summed E-state index contributed by atoms with van der Waals surface area (Å²) in [6, 6.07) is 63.5. The predicted molar refractivity (Wildman–Crippen MR) is 225 cm³/mol. The molecule has 244 valence electrons. The third-order valence-corrected chi connectivity index (χ3v) is 12.7. The molecule has 11 aromatic rings. The Balaban J connectivity index is 1.19. The van der Waals surface area contributed by atoms with Gasteiger partial charge in [-0.2, -0.15) is 0 Å². The molecule has 0 unspecified atom stereocenters. The monoisotopic (exact) mass is 699 g/mol. The van der Waals surface area contributed by atoms with Crippen molar-refractivity contribution in [3.8, 4) is 22.3 Å². The van der Waals surface area contributed by atoms with Crippen LogP contribution >= 0.6 is 22.7 Å². The van der Waals surface area contributed by atoms with Crippen molar-refractivity contribution in [2.75, 3.05) is 4.90 Å². The number of hydrogen-bond donors (Lipinski definition) is 0. The van der Waals surface area contributed by atoms with Crippen LogP contribution in [0.5, 0.6) is 0 Å². The first kappa shape index (κ1) is 29.5. The van der Waals surface area contributed by atoms with Crippen LogP contribution in [0.3, 0.4) is 0 Å². The minimum atomic E-state index is 0.871. The Morgan fingerprint density at radius 3 is 1.67 bits per heavy atom. The first-order valence-electron chi connectivity index (χ1n) is 17.5. The number of para-hydroxylation sites is 2. The number of benzene rings is 8. The predicted octanol–water partition coefficient (Wildman–Crippen LogP) is 15.1. The van der Waals surface area contributed by atoms with Gasteiger partial charge in [-0.25, -0.2) is 0 Å². The Morgan fingerprint density at radius 2 is 0.904 bits per heavy atom. The number of nitrogens with zero attached hydrogens (tertiary/aromatic N) is 1. The van der Waals surface area contributed by atoms with Crippen molar-refractivity contribution in [2.24, 2.45) is 0 Å². The smallest absolute Gasteiger partial charge is 0.159 e. The number of rotatable bonds is 5. The molecule has 4 heteroatoms. The van der Waals surface area contributed by atoms with E-state index < -0.39 is 0 Å². The molecule has 11 rings (SSSR count). The fourth-order valence-corrected chi connectivity index (χ4v) is 10.4. The number of furan rings is 1. The second kappa shape index (κ2) is 11.7. The van der Waals surface area contributed by atoms with E-state index in [1.54, 1.807) is 0 Å². The van der Waals surface area contributed by atoms with Gasteiger partial charge in [0.25, 0.3) is 0 Å². The maximum Gasteiger partial charge on any atom is 0.159 e. The Labute approximate surface area is 308 Å². The van der Waals surface area contributed by atoms with Gasteiger partial charge in [-0.15, -0.1) is 22.7 Å². The van der Waals surface area contributed by atoms with E-state index in [2.05, 4.69) is 181 Å². The molecule has 0 saturated carbocycles. The van der Waals surface area contributed by atoms with Gasteiger partial charge in [0, 0.05) is 57.7 Å². The first-order valence-corrected chi connectivity index (χ1v) is 19.1. The summed E-state index contributed by atoms with van der Waals surface area (Å²) in [6.45, 7) is 0. The minimum Gasteiger partial charge on any atom is -0.453 e. The molecule has 0 radical (unpaired) electrons. The molecule has 3 aromatic heterocycles. The number of thiophene rings is 2. The van der Waals surface area contributed by atoms with Crippen molar-refractivity contribution in [3.63, 3.8) is 0 Å². The lowest BCUT2D eigenvalue weighted by molar-refractivity contribution is 0.670. The second-order valence-corrected chi connectivity index (χ2v) is 15.3. The fourth-order valence-electron chi connectivity index (χ4n) is 7.93. The van der Waals surface area contributed by atoms with Gasteiger partial charge in [0.05, 0.1) is 16.1 Å². The zero-order valence-corrected chi connectivity index (χ0v) is 29.5. The molecule has 0 atom stereocenters. The van der Waals surface area contributed by atoms with Crippen LogP contribution in [0.1, 0.15) is 0 Å². The van der Waals surface area contributed by atoms with Crippen molar-refractivity contribution in [1.82, 2.24) is 0 Å². The lowest BCUT2D eigenvalue weighted by atomic mass is 10.0. The van der Waals surface area contributed by atoms with E-state index >= 15 is 0 Å². The Kier molecular flexibility index (Phi) is 6.63. The highest BCUT2D eigenvalue weighted by atomic mass is 32.1. The third-order valence-electron chi connectivity index (χ3n) is 10.3. The average Bonchev–Trinajstić information content (AvgIpc) is 3.91. The van der Waals surface area contributed by atoms with Gasteiger partial charge in [-0.05, 0) is 53.1 Å². The Bertz CT molecular complexity index is 3150. The SMILES string of the molecule is c1ccc(-c2cccc3c2oc2c(N(c4cccc(-c5cccc6c5sc5ccccc56)c4)c4cccc5c4sc4ccccc45)cccc23)cc1. The van der Waals surface area contributed by atoms with Crippen LogP contribution in [0.4, 0.5) is 17.1 Å². The molecule has 0 aliphatic heterocycles. The van der Waals surface area contributed by atoms with Crippen LogP contribution in [0, 0.1) is 0 Å². The van der Waals surface area contributed by atoms with Gasteiger partial charge in [-0.3, -0.25) is 0 Å². The molecule has 0 amide bonds. The third kappa shape index (κ3) is 4.48. The number of fused-ring (bicyclic) bond motifs is 9. The van der Waals surface area contributed by atoms with Crippen molar-refractivity contribution < 1.29 is 4.42 Å². The van der Waals surface area contributed by atoms with Gasteiger partial charge in [0.1, 0.15) is 5.58 Å². The molecule has 0 spiro atoms. The molecule has 2 nitrogen and oxygen atoms in total. The fraction of sp³-hybridized carbons (Fsp3) is 0. The van der Waals surface area contributed by atoms with Crippen LogP contribution < -0.4 is 4.90 Å². The zero-order valence-electron chi connectivity index (χ0n) is 27.9. The van der Waals surface area contributed by atoms with Gasteiger partial charge < -0.3 is 9.32 Å². The molecule has 0 fully saturated rings. The average molecular weight is 700 g/mol. The van der Waals surface area contributed by atoms with Crippen LogP contribution in [0.2, 0.25) is 0 Å². The summed E-state index contributed by atoms with van der Waals surface area (Å²) in [5.41, 5.74) is 9.66. The van der Waals surface area contributed by atoms with Gasteiger partial charge in [0.15, 0.2) is 5.58 Å². The van der Waals surface area contributed by atoms with Crippen LogP contribution in [-0.2, 0) is 0 Å². The van der Waals surface area contributed by atoms with Crippen LogP contribution in [-0.4, -0.2) is 0 Å². The second-order valence-electron chi connectivity index (χ2n) is 13.2. The molecular weight excluding hydrogens is 671 g/mol. The van der Waals surface area contributed by atoms with Gasteiger partial charge in [-0.1, -0.05) is 140 Å². The van der Waals surface area contributed by atoms with Gasteiger partial charge >= 0.3 is 0 Å². The largest absolute Gasteiger partial charge is 0.453 e. The quantitative estimate of drug-likeness (QED) is 0.178. The summed E-state index contributed by atoms with van der Waals surface area (Å²) in [7, 11) is 0. The maximum absolute atomic E-state index is 7.03. The molecular formula is C48H29NOS2. The summed E-state index contributed by atoms with van der Waals surface area (Å²) in [5, 5.41) is 7.37. The highest BCUT2D eigenvalue weighted by molar-refractivity contribution is 7.26. The van der Waals surface area contributed by atoms with Crippen molar-refractivity contribution in [2.45, 2.75) is 0 Å². The van der Waals surface area contributed by atoms with E-state index in [1.165, 1.54) is 51.5 Å². The van der Waals surface area contributed by atoms with Crippen LogP contribution in [0.15, 0.2) is 180 Å². The number of anilines is 3. The topological polar surface area (TPSA) is 16.4 Å². The van der Waals surface area contributed by atoms with Gasteiger partial charge in [0.2, 0.25) is 0 Å². The molecule has 0 N–H and O–H groups in total. The standard InChI is InChI=1S/C48H29NOS2/c1-2-13-30(14-3-1)33-19-9-21-37-38-22-11-25-41(46(38)50-45(33)37)49(42-26-12-24-40-36-18-5-7-28-44(36)52-48(40)42)32-16-8-15-31(29-32)34-20-10-23-39-35-17-4-6-27-43(35)51-47(34)39/h1-29H. The minimum absolute atomic E-state index is 0.871. The van der Waals surface area contributed by atoms with Crippen molar-refractivity contribution in [1.29, 1.82) is 0 Å². The molecule has 0 bridgehead atoms. The molecule has 0 aliphatic rings. The molecule has 8 aromatic carbocycles. The summed E-state index contributed by atoms with van der Waals surface area (Å²) in [4.78, 5) is 2.42. The lowest BCUT2D eigenvalue weighted by Gasteiger charge is -2.26. The summed E-state index contributed by atoms with van der Waals surface area (Å²) in [5.74, 6) is 0. The van der Waals surface area contributed by atoms with Crippen molar-refractivity contribution in [3.05, 3.63) is 176 Å². The van der Waals surface area contributed by atoms with E-state index in [-0.39, 0.29) is 0 Å². The van der Waals surface area contributed by atoms with E-state index in [0.717, 1.165) is 50.1 Å². The lowest BCUT2D eigenvalue weighted by Crippen LogP contribution is -2.10.